The molecule has 0 bridgehead atoms. The maximum atomic E-state index is 12.1. The smallest absolute Gasteiger partial charge is 0.210 e. The molecule has 0 amide bonds. The van der Waals surface area contributed by atoms with E-state index in [-0.39, 0.29) is 11.2 Å². The van der Waals surface area contributed by atoms with Gasteiger partial charge in [0.15, 0.2) is 0 Å². The number of phenols is 1. The molecule has 0 spiro atoms. The first-order chi connectivity index (χ1) is 7.68. The highest BCUT2D eigenvalue weighted by atomic mass is 16.3. The average molecular weight is 215 g/mol. The zero-order chi connectivity index (χ0) is 11.3. The Hall–Kier alpha value is -2.23. The van der Waals surface area contributed by atoms with E-state index < -0.39 is 0 Å². The summed E-state index contributed by atoms with van der Waals surface area (Å²) in [6.45, 7) is 0. The van der Waals surface area contributed by atoms with Gasteiger partial charge in [0.2, 0.25) is 11.1 Å². The van der Waals surface area contributed by atoms with E-state index in [2.05, 4.69) is 0 Å². The van der Waals surface area contributed by atoms with Gasteiger partial charge in [-0.05, 0) is 24.3 Å². The van der Waals surface area contributed by atoms with Gasteiger partial charge in [-0.25, -0.2) is 0 Å². The van der Waals surface area contributed by atoms with Crippen molar-refractivity contribution in [2.45, 2.75) is 0 Å². The summed E-state index contributed by atoms with van der Waals surface area (Å²) in [6.07, 6.45) is 1.49. The number of aromatic nitrogens is 1. The molecule has 2 aromatic heterocycles. The highest BCUT2D eigenvalue weighted by Crippen LogP contribution is 2.21. The van der Waals surface area contributed by atoms with Crippen LogP contribution in [0.5, 0.6) is 5.75 Å². The van der Waals surface area contributed by atoms with Gasteiger partial charge >= 0.3 is 0 Å². The Balaban J connectivity index is 2.70. The van der Waals surface area contributed by atoms with E-state index in [1.807, 2.05) is 7.05 Å². The second kappa shape index (κ2) is 2.88. The summed E-state index contributed by atoms with van der Waals surface area (Å²) in [7, 11) is 1.82. The molecule has 16 heavy (non-hydrogen) atoms. The molecule has 0 aliphatic carbocycles. The number of rotatable bonds is 0. The Morgan fingerprint density at radius 2 is 2.06 bits per heavy atom. The van der Waals surface area contributed by atoms with Gasteiger partial charge in [0, 0.05) is 7.05 Å². The molecule has 0 aliphatic rings. The van der Waals surface area contributed by atoms with Crippen molar-refractivity contribution in [2.24, 2.45) is 7.05 Å². The van der Waals surface area contributed by atoms with E-state index in [0.29, 0.717) is 16.5 Å². The second-order valence-electron chi connectivity index (χ2n) is 3.73. The predicted molar refractivity (Wildman–Crippen MR) is 60.6 cm³/mol. The molecule has 0 saturated heterocycles. The molecular weight excluding hydrogens is 206 g/mol. The molecule has 0 atom stereocenters. The zero-order valence-corrected chi connectivity index (χ0v) is 8.60. The lowest BCUT2D eigenvalue weighted by Crippen LogP contribution is -2.07. The molecule has 0 saturated carbocycles. The SMILES string of the molecule is Cn1c2ccc(O)cc2c(=O)c2ccoc21. The van der Waals surface area contributed by atoms with Crippen LogP contribution in [0.3, 0.4) is 0 Å². The number of aryl methyl sites for hydroxylation is 1. The third-order valence-electron chi connectivity index (χ3n) is 2.78. The number of pyridine rings is 1. The van der Waals surface area contributed by atoms with E-state index in [9.17, 15) is 9.90 Å². The van der Waals surface area contributed by atoms with Crippen LogP contribution in [-0.4, -0.2) is 9.67 Å². The molecule has 2 heterocycles. The van der Waals surface area contributed by atoms with Gasteiger partial charge in [0.25, 0.3) is 0 Å². The standard InChI is InChI=1S/C12H9NO3/c1-13-10-3-2-7(14)6-9(10)11(15)8-4-5-16-12(8)13/h2-6,14H,1H3. The highest BCUT2D eigenvalue weighted by molar-refractivity contribution is 5.91. The quantitative estimate of drug-likeness (QED) is 0.624. The molecule has 0 radical (unpaired) electrons. The molecule has 4 heteroatoms. The summed E-state index contributed by atoms with van der Waals surface area (Å²) in [5.41, 5.74) is 1.17. The van der Waals surface area contributed by atoms with E-state index in [1.54, 1.807) is 22.8 Å². The van der Waals surface area contributed by atoms with Gasteiger partial charge in [0.05, 0.1) is 22.6 Å². The van der Waals surface area contributed by atoms with Crippen LogP contribution in [0, 0.1) is 0 Å². The van der Waals surface area contributed by atoms with Crippen molar-refractivity contribution in [2.75, 3.05) is 0 Å². The first-order valence-electron chi connectivity index (χ1n) is 4.87. The van der Waals surface area contributed by atoms with Crippen molar-refractivity contribution in [3.63, 3.8) is 0 Å². The van der Waals surface area contributed by atoms with E-state index >= 15 is 0 Å². The fourth-order valence-electron chi connectivity index (χ4n) is 1.99. The largest absolute Gasteiger partial charge is 0.508 e. The number of benzene rings is 1. The third-order valence-corrected chi connectivity index (χ3v) is 2.78. The van der Waals surface area contributed by atoms with Crippen molar-refractivity contribution >= 4 is 22.0 Å². The normalized spacial score (nSPS) is 11.3. The molecule has 1 aromatic carbocycles. The third kappa shape index (κ3) is 1.01. The van der Waals surface area contributed by atoms with Crippen molar-refractivity contribution in [3.05, 3.63) is 40.8 Å². The van der Waals surface area contributed by atoms with E-state index in [4.69, 9.17) is 4.42 Å². The van der Waals surface area contributed by atoms with Crippen molar-refractivity contribution < 1.29 is 9.52 Å². The molecule has 3 aromatic rings. The molecule has 80 valence electrons. The summed E-state index contributed by atoms with van der Waals surface area (Å²) in [6, 6.07) is 6.37. The summed E-state index contributed by atoms with van der Waals surface area (Å²) in [5, 5.41) is 10.4. The molecule has 4 nitrogen and oxygen atoms in total. The number of furan rings is 1. The minimum Gasteiger partial charge on any atom is -0.508 e. The van der Waals surface area contributed by atoms with Crippen LogP contribution in [0.1, 0.15) is 0 Å². The van der Waals surface area contributed by atoms with E-state index in [1.165, 1.54) is 12.3 Å². The first-order valence-corrected chi connectivity index (χ1v) is 4.87. The monoisotopic (exact) mass is 215 g/mol. The number of fused-ring (bicyclic) bond motifs is 2. The first kappa shape index (κ1) is 9.03. The van der Waals surface area contributed by atoms with Crippen molar-refractivity contribution in [3.8, 4) is 5.75 Å². The van der Waals surface area contributed by atoms with Gasteiger partial charge in [-0.3, -0.25) is 4.79 Å². The minimum absolute atomic E-state index is 0.0902. The van der Waals surface area contributed by atoms with Gasteiger partial charge in [-0.2, -0.15) is 0 Å². The van der Waals surface area contributed by atoms with Crippen LogP contribution in [-0.2, 0) is 7.05 Å². The topological polar surface area (TPSA) is 55.4 Å². The Kier molecular flexibility index (Phi) is 1.63. The molecule has 0 aliphatic heterocycles. The van der Waals surface area contributed by atoms with Crippen LogP contribution in [0.4, 0.5) is 0 Å². The fraction of sp³-hybridized carbons (Fsp3) is 0.0833. The Labute approximate surface area is 90.3 Å². The summed E-state index contributed by atoms with van der Waals surface area (Å²) in [4.78, 5) is 12.1. The summed E-state index contributed by atoms with van der Waals surface area (Å²) >= 11 is 0. The Morgan fingerprint density at radius 3 is 2.88 bits per heavy atom. The lowest BCUT2D eigenvalue weighted by Gasteiger charge is -2.05. The highest BCUT2D eigenvalue weighted by Gasteiger charge is 2.10. The van der Waals surface area contributed by atoms with Crippen LogP contribution in [0.2, 0.25) is 0 Å². The van der Waals surface area contributed by atoms with Crippen molar-refractivity contribution in [1.82, 2.24) is 4.57 Å². The molecular formula is C12H9NO3. The Morgan fingerprint density at radius 1 is 1.25 bits per heavy atom. The number of phenolic OH excluding ortho intramolecular Hbond substituents is 1. The predicted octanol–water partition coefficient (Wildman–Crippen LogP) is 1.99. The maximum Gasteiger partial charge on any atom is 0.210 e. The zero-order valence-electron chi connectivity index (χ0n) is 8.60. The van der Waals surface area contributed by atoms with E-state index in [0.717, 1.165) is 5.52 Å². The second-order valence-corrected chi connectivity index (χ2v) is 3.73. The average Bonchev–Trinajstić information content (AvgIpc) is 2.75. The summed E-state index contributed by atoms with van der Waals surface area (Å²) in [5.74, 6) is 0.0902. The van der Waals surface area contributed by atoms with Crippen molar-refractivity contribution in [1.29, 1.82) is 0 Å². The lowest BCUT2D eigenvalue weighted by atomic mass is 10.1. The van der Waals surface area contributed by atoms with Crippen LogP contribution >= 0.6 is 0 Å². The number of nitrogens with zero attached hydrogens (tertiary/aromatic N) is 1. The molecule has 3 rings (SSSR count). The molecule has 0 fully saturated rings. The molecule has 0 unspecified atom stereocenters. The van der Waals surface area contributed by atoms with Crippen LogP contribution < -0.4 is 5.43 Å². The minimum atomic E-state index is -0.118. The van der Waals surface area contributed by atoms with Gasteiger partial charge < -0.3 is 14.1 Å². The molecule has 1 N–H and O–H groups in total. The number of hydrogen-bond acceptors (Lipinski definition) is 3. The lowest BCUT2D eigenvalue weighted by molar-refractivity contribution is 0.476. The van der Waals surface area contributed by atoms with Gasteiger partial charge in [0.1, 0.15) is 5.75 Å². The van der Waals surface area contributed by atoms with Gasteiger partial charge in [-0.1, -0.05) is 0 Å². The number of hydrogen-bond donors (Lipinski definition) is 1. The summed E-state index contributed by atoms with van der Waals surface area (Å²) < 4.78 is 7.07. The number of aromatic hydroxyl groups is 1. The van der Waals surface area contributed by atoms with Crippen LogP contribution in [0.25, 0.3) is 22.0 Å². The Bertz CT molecular complexity index is 752. The fourth-order valence-corrected chi connectivity index (χ4v) is 1.99. The van der Waals surface area contributed by atoms with Gasteiger partial charge in [-0.15, -0.1) is 0 Å². The van der Waals surface area contributed by atoms with Crippen LogP contribution in [0.15, 0.2) is 39.7 Å². The maximum absolute atomic E-state index is 12.1.